The number of aromatic nitrogens is 2. The van der Waals surface area contributed by atoms with Crippen LogP contribution in [0.3, 0.4) is 0 Å². The lowest BCUT2D eigenvalue weighted by atomic mass is 9.94. The van der Waals surface area contributed by atoms with Gasteiger partial charge in [0.15, 0.2) is 5.11 Å². The average molecular weight is 499 g/mol. The van der Waals surface area contributed by atoms with Crippen molar-refractivity contribution in [3.63, 3.8) is 0 Å². The van der Waals surface area contributed by atoms with Crippen LogP contribution in [0.1, 0.15) is 36.9 Å². The number of thioether (sulfide) groups is 1. The van der Waals surface area contributed by atoms with Crippen LogP contribution in [0.25, 0.3) is 17.0 Å². The van der Waals surface area contributed by atoms with Crippen molar-refractivity contribution < 1.29 is 4.52 Å². The molecule has 0 fully saturated rings. The summed E-state index contributed by atoms with van der Waals surface area (Å²) in [4.78, 5) is 8.05. The van der Waals surface area contributed by atoms with E-state index in [1.165, 1.54) is 10.5 Å². The van der Waals surface area contributed by atoms with Gasteiger partial charge >= 0.3 is 0 Å². The standard InChI is InChI=1S/C28H26N4OS2/c1-4-19-10-14-22(15-11-19)32-18(2)24(25(29-28(32)34)20-8-6-5-7-9-20)27-30-26(31-33-27)21-12-16-23(35-3)17-13-21/h5-17,25H,4H2,1-3H3,(H,29,34). The minimum absolute atomic E-state index is 0.206. The monoisotopic (exact) mass is 498 g/mol. The largest absolute Gasteiger partial charge is 0.351 e. The molecule has 3 aromatic carbocycles. The lowest BCUT2D eigenvalue weighted by Crippen LogP contribution is -2.46. The number of thiocarbonyl (C=S) groups is 1. The van der Waals surface area contributed by atoms with Gasteiger partial charge in [-0.2, -0.15) is 4.98 Å². The molecule has 0 spiro atoms. The van der Waals surface area contributed by atoms with Crippen LogP contribution < -0.4 is 10.2 Å². The van der Waals surface area contributed by atoms with Crippen LogP contribution in [0, 0.1) is 0 Å². The molecule has 35 heavy (non-hydrogen) atoms. The van der Waals surface area contributed by atoms with E-state index in [0.717, 1.165) is 34.5 Å². The number of allylic oxidation sites excluding steroid dienone is 1. The van der Waals surface area contributed by atoms with Crippen LogP contribution in [-0.2, 0) is 6.42 Å². The minimum atomic E-state index is -0.206. The van der Waals surface area contributed by atoms with Crippen molar-refractivity contribution in [1.29, 1.82) is 0 Å². The van der Waals surface area contributed by atoms with Crippen LogP contribution in [-0.4, -0.2) is 21.5 Å². The molecule has 1 unspecified atom stereocenters. The van der Waals surface area contributed by atoms with Crippen LogP contribution in [0.15, 0.2) is 94.0 Å². The summed E-state index contributed by atoms with van der Waals surface area (Å²) in [5, 5.41) is 8.47. The molecule has 0 saturated heterocycles. The second kappa shape index (κ2) is 10.1. The topological polar surface area (TPSA) is 54.2 Å². The second-order valence-corrected chi connectivity index (χ2v) is 9.57. The highest BCUT2D eigenvalue weighted by Gasteiger charge is 2.34. The van der Waals surface area contributed by atoms with E-state index in [4.69, 9.17) is 21.7 Å². The maximum absolute atomic E-state index is 5.86. The number of rotatable bonds is 6. The molecule has 0 amide bonds. The first-order chi connectivity index (χ1) is 17.1. The number of hydrogen-bond donors (Lipinski definition) is 1. The molecule has 0 radical (unpaired) electrons. The third-order valence-corrected chi connectivity index (χ3v) is 7.27. The Morgan fingerprint density at radius 1 is 1.00 bits per heavy atom. The lowest BCUT2D eigenvalue weighted by Gasteiger charge is -2.37. The summed E-state index contributed by atoms with van der Waals surface area (Å²) in [6, 6.07) is 26.7. The predicted molar refractivity (Wildman–Crippen MR) is 147 cm³/mol. The van der Waals surface area contributed by atoms with Gasteiger partial charge in [-0.3, -0.25) is 4.90 Å². The van der Waals surface area contributed by atoms with Gasteiger partial charge in [-0.05, 0) is 79.3 Å². The van der Waals surface area contributed by atoms with Crippen LogP contribution in [0.4, 0.5) is 5.69 Å². The van der Waals surface area contributed by atoms with Crippen molar-refractivity contribution in [1.82, 2.24) is 15.5 Å². The Morgan fingerprint density at radius 2 is 1.71 bits per heavy atom. The van der Waals surface area contributed by atoms with Crippen molar-refractivity contribution in [3.8, 4) is 11.4 Å². The van der Waals surface area contributed by atoms with Crippen molar-refractivity contribution in [2.75, 3.05) is 11.2 Å². The molecule has 7 heteroatoms. The Morgan fingerprint density at radius 3 is 2.37 bits per heavy atom. The molecule has 176 valence electrons. The smallest absolute Gasteiger partial charge is 0.258 e. The molecule has 1 aromatic heterocycles. The number of nitrogens with one attached hydrogen (secondary N) is 1. The summed E-state index contributed by atoms with van der Waals surface area (Å²) in [6.45, 7) is 4.21. The maximum Gasteiger partial charge on any atom is 0.258 e. The van der Waals surface area contributed by atoms with Gasteiger partial charge in [0.1, 0.15) is 0 Å². The van der Waals surface area contributed by atoms with Gasteiger partial charge < -0.3 is 9.84 Å². The highest BCUT2D eigenvalue weighted by molar-refractivity contribution is 7.98. The minimum Gasteiger partial charge on any atom is -0.351 e. The normalized spacial score (nSPS) is 15.9. The highest BCUT2D eigenvalue weighted by Crippen LogP contribution is 2.39. The van der Waals surface area contributed by atoms with Crippen molar-refractivity contribution in [2.45, 2.75) is 31.2 Å². The fraction of sp³-hybridized carbons (Fsp3) is 0.179. The zero-order valence-electron chi connectivity index (χ0n) is 19.9. The van der Waals surface area contributed by atoms with E-state index in [2.05, 4.69) is 79.1 Å². The molecule has 1 aliphatic heterocycles. The van der Waals surface area contributed by atoms with E-state index in [9.17, 15) is 0 Å². The molecule has 0 bridgehead atoms. The van der Waals surface area contributed by atoms with Gasteiger partial charge in [0.25, 0.3) is 5.89 Å². The zero-order valence-corrected chi connectivity index (χ0v) is 21.5. The van der Waals surface area contributed by atoms with Gasteiger partial charge in [0.2, 0.25) is 5.82 Å². The van der Waals surface area contributed by atoms with Crippen molar-refractivity contribution >= 4 is 40.4 Å². The highest BCUT2D eigenvalue weighted by atomic mass is 32.2. The van der Waals surface area contributed by atoms with Gasteiger partial charge in [-0.15, -0.1) is 11.8 Å². The first kappa shape index (κ1) is 23.3. The fourth-order valence-corrected chi connectivity index (χ4v) is 5.07. The van der Waals surface area contributed by atoms with Crippen molar-refractivity contribution in [3.05, 3.63) is 102 Å². The van der Waals surface area contributed by atoms with Gasteiger partial charge in [-0.25, -0.2) is 0 Å². The summed E-state index contributed by atoms with van der Waals surface area (Å²) < 4.78 is 5.86. The third kappa shape index (κ3) is 4.61. The Hall–Kier alpha value is -3.42. The quantitative estimate of drug-likeness (QED) is 0.229. The van der Waals surface area contributed by atoms with E-state index < -0.39 is 0 Å². The molecule has 5 nitrogen and oxygen atoms in total. The van der Waals surface area contributed by atoms with E-state index >= 15 is 0 Å². The zero-order chi connectivity index (χ0) is 24.4. The summed E-state index contributed by atoms with van der Waals surface area (Å²) in [7, 11) is 0. The van der Waals surface area contributed by atoms with Crippen LogP contribution >= 0.6 is 24.0 Å². The Balaban J connectivity index is 1.61. The summed E-state index contributed by atoms with van der Waals surface area (Å²) in [5.74, 6) is 1.04. The first-order valence-corrected chi connectivity index (χ1v) is 13.2. The molecule has 1 aliphatic rings. The average Bonchev–Trinajstić information content (AvgIpc) is 3.39. The molecule has 5 rings (SSSR count). The van der Waals surface area contributed by atoms with Crippen LogP contribution in [0.2, 0.25) is 0 Å². The lowest BCUT2D eigenvalue weighted by molar-refractivity contribution is 0.404. The van der Waals surface area contributed by atoms with Crippen molar-refractivity contribution in [2.24, 2.45) is 0 Å². The molecule has 4 aromatic rings. The van der Waals surface area contributed by atoms with Gasteiger partial charge in [0.05, 0.1) is 11.6 Å². The van der Waals surface area contributed by atoms with Gasteiger partial charge in [-0.1, -0.05) is 54.5 Å². The molecule has 1 atom stereocenters. The Bertz CT molecular complexity index is 1360. The Labute approximate surface area is 215 Å². The summed E-state index contributed by atoms with van der Waals surface area (Å²) in [5.41, 5.74) is 6.13. The van der Waals surface area contributed by atoms with E-state index in [0.29, 0.717) is 16.8 Å². The first-order valence-electron chi connectivity index (χ1n) is 11.5. The number of hydrogen-bond acceptors (Lipinski definition) is 5. The predicted octanol–water partition coefficient (Wildman–Crippen LogP) is 6.89. The summed E-state index contributed by atoms with van der Waals surface area (Å²) >= 11 is 7.55. The number of benzene rings is 3. The fourth-order valence-electron chi connectivity index (χ4n) is 4.30. The SMILES string of the molecule is CCc1ccc(N2C(=S)NC(c3ccccc3)C(c3nc(-c4ccc(SC)cc4)no3)=C2C)cc1. The van der Waals surface area contributed by atoms with Gasteiger partial charge in [0, 0.05) is 21.8 Å². The van der Waals surface area contributed by atoms with E-state index in [-0.39, 0.29) is 6.04 Å². The van der Waals surface area contributed by atoms with Crippen LogP contribution in [0.5, 0.6) is 0 Å². The molecule has 1 N–H and O–H groups in total. The second-order valence-electron chi connectivity index (χ2n) is 8.30. The molecular weight excluding hydrogens is 472 g/mol. The maximum atomic E-state index is 5.86. The molecular formula is C28H26N4OS2. The molecule has 0 aliphatic carbocycles. The number of anilines is 1. The summed E-state index contributed by atoms with van der Waals surface area (Å²) in [6.07, 6.45) is 3.05. The van der Waals surface area contributed by atoms with E-state index in [1.807, 2.05) is 35.2 Å². The number of nitrogens with zero attached hydrogens (tertiary/aromatic N) is 3. The molecule has 0 saturated carbocycles. The number of aryl methyl sites for hydroxylation is 1. The molecule has 2 heterocycles. The third-order valence-electron chi connectivity index (χ3n) is 6.23. The van der Waals surface area contributed by atoms with E-state index in [1.54, 1.807) is 11.8 Å². The Kier molecular flexibility index (Phi) is 6.70.